The molecule has 4 aromatic rings. The number of halogens is 4. The molecule has 0 fully saturated rings. The van der Waals surface area contributed by atoms with Crippen molar-refractivity contribution in [1.29, 1.82) is 0 Å². The third kappa shape index (κ3) is 3.80. The highest BCUT2D eigenvalue weighted by Crippen LogP contribution is 2.45. The lowest BCUT2D eigenvalue weighted by atomic mass is 9.85. The third-order valence-electron chi connectivity index (χ3n) is 5.87. The second-order valence-electron chi connectivity index (χ2n) is 8.05. The fourth-order valence-electron chi connectivity index (χ4n) is 4.27. The molecule has 0 amide bonds. The Balaban J connectivity index is 1.49. The first-order valence-corrected chi connectivity index (χ1v) is 10.6. The SMILES string of the molecule is COc1nc(-c2nc3n(n2)CC[C@@H](c2ccccc2C(F)(F)F)[C@H]3F)ccc1-n1cnc(C)c1. The summed E-state index contributed by atoms with van der Waals surface area (Å²) in [5.74, 6) is -0.513. The number of alkyl halides is 4. The fourth-order valence-corrected chi connectivity index (χ4v) is 4.27. The van der Waals surface area contributed by atoms with Crippen molar-refractivity contribution >= 4 is 0 Å². The molecule has 2 atom stereocenters. The first-order chi connectivity index (χ1) is 16.3. The highest BCUT2D eigenvalue weighted by Gasteiger charge is 2.40. The molecular weight excluding hydrogens is 452 g/mol. The summed E-state index contributed by atoms with van der Waals surface area (Å²) in [5, 5.41) is 4.36. The van der Waals surface area contributed by atoms with E-state index < -0.39 is 23.8 Å². The lowest BCUT2D eigenvalue weighted by Crippen LogP contribution is -2.24. The standard InChI is InChI=1S/C23H20F4N6O/c1-13-11-32(12-28-13)18-8-7-17(29-22(18)34-2)20-30-21-19(24)15(9-10-33(21)31-20)14-5-3-4-6-16(14)23(25,26)27/h3-8,11-12,15,19H,9-10H2,1-2H3/t15-,19+/m0/s1. The molecule has 4 heterocycles. The van der Waals surface area contributed by atoms with Crippen molar-refractivity contribution in [3.63, 3.8) is 0 Å². The number of aryl methyl sites for hydroxylation is 2. The van der Waals surface area contributed by atoms with Gasteiger partial charge in [-0.05, 0) is 37.1 Å². The van der Waals surface area contributed by atoms with Crippen LogP contribution in [0.3, 0.4) is 0 Å². The Morgan fingerprint density at radius 2 is 1.88 bits per heavy atom. The van der Waals surface area contributed by atoms with Crippen molar-refractivity contribution < 1.29 is 22.3 Å². The minimum atomic E-state index is -4.57. The average molecular weight is 472 g/mol. The van der Waals surface area contributed by atoms with Crippen LogP contribution in [-0.4, -0.2) is 36.4 Å². The van der Waals surface area contributed by atoms with Gasteiger partial charge in [0.15, 0.2) is 17.8 Å². The molecule has 0 unspecified atom stereocenters. The number of benzene rings is 1. The average Bonchev–Trinajstić information content (AvgIpc) is 3.45. The Morgan fingerprint density at radius 3 is 2.59 bits per heavy atom. The van der Waals surface area contributed by atoms with Crippen LogP contribution >= 0.6 is 0 Å². The molecule has 0 radical (unpaired) electrons. The van der Waals surface area contributed by atoms with Crippen LogP contribution in [0.15, 0.2) is 48.9 Å². The van der Waals surface area contributed by atoms with Gasteiger partial charge in [0.05, 0.1) is 24.7 Å². The molecule has 0 N–H and O–H groups in total. The second-order valence-corrected chi connectivity index (χ2v) is 8.05. The second kappa shape index (κ2) is 8.23. The Morgan fingerprint density at radius 1 is 1.09 bits per heavy atom. The van der Waals surface area contributed by atoms with E-state index in [1.54, 1.807) is 23.0 Å². The summed E-state index contributed by atoms with van der Waals surface area (Å²) in [5.41, 5.74) is 0.942. The molecule has 0 aliphatic carbocycles. The Bertz CT molecular complexity index is 1350. The van der Waals surface area contributed by atoms with Crippen molar-refractivity contribution in [2.75, 3.05) is 7.11 Å². The monoisotopic (exact) mass is 472 g/mol. The number of hydrogen-bond acceptors (Lipinski definition) is 5. The highest BCUT2D eigenvalue weighted by atomic mass is 19.4. The number of fused-ring (bicyclic) bond motifs is 1. The zero-order valence-corrected chi connectivity index (χ0v) is 18.3. The lowest BCUT2D eigenvalue weighted by Gasteiger charge is -2.28. The number of aromatic nitrogens is 6. The van der Waals surface area contributed by atoms with E-state index in [9.17, 15) is 13.2 Å². The zero-order chi connectivity index (χ0) is 24.0. The normalized spacial score (nSPS) is 18.1. The van der Waals surface area contributed by atoms with Crippen molar-refractivity contribution in [3.8, 4) is 23.1 Å². The molecule has 0 saturated heterocycles. The summed E-state index contributed by atoms with van der Waals surface area (Å²) in [7, 11) is 1.48. The van der Waals surface area contributed by atoms with Crippen molar-refractivity contribution in [2.45, 2.75) is 38.2 Å². The number of nitrogens with zero attached hydrogens (tertiary/aromatic N) is 6. The quantitative estimate of drug-likeness (QED) is 0.389. The molecule has 176 valence electrons. The topological polar surface area (TPSA) is 70.7 Å². The van der Waals surface area contributed by atoms with Gasteiger partial charge >= 0.3 is 6.18 Å². The number of methoxy groups -OCH3 is 1. The van der Waals surface area contributed by atoms with Gasteiger partial charge in [-0.15, -0.1) is 5.10 Å². The van der Waals surface area contributed by atoms with Crippen LogP contribution in [0.25, 0.3) is 17.2 Å². The molecule has 0 bridgehead atoms. The number of ether oxygens (including phenoxy) is 1. The summed E-state index contributed by atoms with van der Waals surface area (Å²) in [6.07, 6.45) is -2.69. The summed E-state index contributed by atoms with van der Waals surface area (Å²) >= 11 is 0. The first kappa shape index (κ1) is 22.1. The van der Waals surface area contributed by atoms with Gasteiger partial charge in [-0.2, -0.15) is 13.2 Å². The molecule has 1 aliphatic heterocycles. The summed E-state index contributed by atoms with van der Waals surface area (Å²) < 4.78 is 64.6. The number of pyridine rings is 1. The molecule has 11 heteroatoms. The largest absolute Gasteiger partial charge is 0.479 e. The predicted octanol–water partition coefficient (Wildman–Crippen LogP) is 5.06. The van der Waals surface area contributed by atoms with Gasteiger partial charge in [-0.25, -0.2) is 24.0 Å². The van der Waals surface area contributed by atoms with Gasteiger partial charge < -0.3 is 9.30 Å². The predicted molar refractivity (Wildman–Crippen MR) is 114 cm³/mol. The molecule has 0 saturated carbocycles. The Hall–Kier alpha value is -3.76. The molecule has 3 aromatic heterocycles. The van der Waals surface area contributed by atoms with Gasteiger partial charge in [-0.3, -0.25) is 0 Å². The third-order valence-corrected chi connectivity index (χ3v) is 5.87. The van der Waals surface area contributed by atoms with Gasteiger partial charge in [0.25, 0.3) is 0 Å². The first-order valence-electron chi connectivity index (χ1n) is 10.6. The minimum Gasteiger partial charge on any atom is -0.479 e. The number of imidazole rings is 1. The molecule has 5 rings (SSSR count). The number of hydrogen-bond donors (Lipinski definition) is 0. The fraction of sp³-hybridized carbons (Fsp3) is 0.304. The van der Waals surface area contributed by atoms with Crippen molar-refractivity contribution in [3.05, 3.63) is 71.6 Å². The van der Waals surface area contributed by atoms with Crippen molar-refractivity contribution in [2.24, 2.45) is 0 Å². The zero-order valence-electron chi connectivity index (χ0n) is 18.3. The van der Waals surface area contributed by atoms with E-state index in [1.165, 1.54) is 30.0 Å². The minimum absolute atomic E-state index is 0.0155. The molecule has 7 nitrogen and oxygen atoms in total. The highest BCUT2D eigenvalue weighted by molar-refractivity contribution is 5.55. The van der Waals surface area contributed by atoms with Crippen LogP contribution in [0.4, 0.5) is 17.6 Å². The van der Waals surface area contributed by atoms with Crippen LogP contribution in [0.1, 0.15) is 41.2 Å². The van der Waals surface area contributed by atoms with E-state index in [2.05, 4.69) is 20.1 Å². The maximum Gasteiger partial charge on any atom is 0.416 e. The molecule has 0 spiro atoms. The van der Waals surface area contributed by atoms with Crippen LogP contribution < -0.4 is 4.74 Å². The smallest absolute Gasteiger partial charge is 0.416 e. The van der Waals surface area contributed by atoms with E-state index in [0.717, 1.165) is 11.8 Å². The number of rotatable bonds is 4. The van der Waals surface area contributed by atoms with Crippen LogP contribution in [0, 0.1) is 6.92 Å². The van der Waals surface area contributed by atoms with E-state index in [0.29, 0.717) is 17.3 Å². The summed E-state index contributed by atoms with van der Waals surface area (Å²) in [6, 6.07) is 8.54. The molecule has 1 aliphatic rings. The van der Waals surface area contributed by atoms with E-state index in [4.69, 9.17) is 4.74 Å². The maximum absolute atomic E-state index is 15.5. The van der Waals surface area contributed by atoms with Gasteiger partial charge in [0.2, 0.25) is 5.88 Å². The van der Waals surface area contributed by atoms with Crippen LogP contribution in [0.2, 0.25) is 0 Å². The summed E-state index contributed by atoms with van der Waals surface area (Å²) in [4.78, 5) is 13.0. The molecule has 34 heavy (non-hydrogen) atoms. The van der Waals surface area contributed by atoms with Crippen molar-refractivity contribution in [1.82, 2.24) is 29.3 Å². The lowest BCUT2D eigenvalue weighted by molar-refractivity contribution is -0.138. The van der Waals surface area contributed by atoms with E-state index in [1.807, 2.05) is 13.1 Å². The molecular formula is C23H20F4N6O. The van der Waals surface area contributed by atoms with Gasteiger partial charge in [-0.1, -0.05) is 18.2 Å². The van der Waals surface area contributed by atoms with E-state index in [-0.39, 0.29) is 30.2 Å². The Kier molecular flexibility index (Phi) is 5.34. The maximum atomic E-state index is 15.5. The van der Waals surface area contributed by atoms with Gasteiger partial charge in [0.1, 0.15) is 11.4 Å². The van der Waals surface area contributed by atoms with Gasteiger partial charge in [0, 0.05) is 18.7 Å². The van der Waals surface area contributed by atoms with E-state index >= 15 is 4.39 Å². The molecule has 1 aromatic carbocycles. The van der Waals surface area contributed by atoms with Crippen LogP contribution in [0.5, 0.6) is 5.88 Å². The Labute approximate surface area is 192 Å². The summed E-state index contributed by atoms with van der Waals surface area (Å²) in [6.45, 7) is 2.10. The van der Waals surface area contributed by atoms with Crippen LogP contribution in [-0.2, 0) is 12.7 Å².